The highest BCUT2D eigenvalue weighted by atomic mass is 16.5. The highest BCUT2D eigenvalue weighted by molar-refractivity contribution is 5.20. The first-order valence-corrected chi connectivity index (χ1v) is 6.01. The number of benzene rings is 1. The fourth-order valence-electron chi connectivity index (χ4n) is 2.16. The fourth-order valence-corrected chi connectivity index (χ4v) is 2.16. The van der Waals surface area contributed by atoms with Gasteiger partial charge in [0.1, 0.15) is 0 Å². The molecule has 0 aliphatic rings. The van der Waals surface area contributed by atoms with Crippen molar-refractivity contribution >= 4 is 0 Å². The maximum atomic E-state index is 6.24. The molecule has 0 radical (unpaired) electrons. The number of rotatable bonds is 5. The smallest absolute Gasteiger partial charge is 0.0975 e. The van der Waals surface area contributed by atoms with Crippen LogP contribution in [0.2, 0.25) is 0 Å². The van der Waals surface area contributed by atoms with Gasteiger partial charge < -0.3 is 10.5 Å². The van der Waals surface area contributed by atoms with Gasteiger partial charge in [0.05, 0.1) is 12.3 Å². The third-order valence-corrected chi connectivity index (χ3v) is 3.00. The van der Waals surface area contributed by atoms with Crippen molar-refractivity contribution in [3.05, 3.63) is 53.9 Å². The molecule has 2 unspecified atom stereocenters. The van der Waals surface area contributed by atoms with Gasteiger partial charge in [-0.15, -0.1) is 0 Å². The average molecular weight is 245 g/mol. The molecule has 96 valence electrons. The Bertz CT molecular complexity index is 481. The van der Waals surface area contributed by atoms with Gasteiger partial charge in [0.25, 0.3) is 0 Å². The van der Waals surface area contributed by atoms with E-state index in [0.717, 1.165) is 17.5 Å². The van der Waals surface area contributed by atoms with E-state index >= 15 is 0 Å². The second-order valence-corrected chi connectivity index (χ2v) is 4.46. The molecule has 0 aliphatic carbocycles. The van der Waals surface area contributed by atoms with E-state index in [9.17, 15) is 0 Å². The minimum Gasteiger partial charge on any atom is -0.375 e. The zero-order valence-electron chi connectivity index (χ0n) is 10.8. The van der Waals surface area contributed by atoms with Gasteiger partial charge in [-0.2, -0.15) is 5.10 Å². The van der Waals surface area contributed by atoms with Crippen LogP contribution in [0, 0.1) is 0 Å². The minimum atomic E-state index is -0.0913. The van der Waals surface area contributed by atoms with E-state index in [2.05, 4.69) is 5.10 Å². The van der Waals surface area contributed by atoms with Crippen LogP contribution < -0.4 is 5.73 Å². The molecule has 0 fully saturated rings. The molecule has 0 aliphatic heterocycles. The SMILES string of the molecule is COC(c1ccccc1)C(N)Cc1cnn(C)c1. The van der Waals surface area contributed by atoms with Crippen molar-refractivity contribution in [2.75, 3.05) is 7.11 Å². The summed E-state index contributed by atoms with van der Waals surface area (Å²) < 4.78 is 7.31. The Morgan fingerprint density at radius 1 is 1.33 bits per heavy atom. The molecule has 4 heteroatoms. The lowest BCUT2D eigenvalue weighted by Crippen LogP contribution is -2.31. The molecule has 18 heavy (non-hydrogen) atoms. The lowest BCUT2D eigenvalue weighted by Gasteiger charge is -2.22. The van der Waals surface area contributed by atoms with Crippen molar-refractivity contribution in [2.24, 2.45) is 12.8 Å². The summed E-state index contributed by atoms with van der Waals surface area (Å²) in [5.41, 5.74) is 8.48. The van der Waals surface area contributed by atoms with Gasteiger partial charge in [0.15, 0.2) is 0 Å². The normalized spacial score (nSPS) is 14.4. The molecule has 2 rings (SSSR count). The molecule has 1 aromatic carbocycles. The van der Waals surface area contributed by atoms with Crippen molar-refractivity contribution in [1.29, 1.82) is 0 Å². The zero-order chi connectivity index (χ0) is 13.0. The molecular formula is C14H19N3O. The molecule has 0 saturated heterocycles. The van der Waals surface area contributed by atoms with Crippen molar-refractivity contribution in [3.8, 4) is 0 Å². The Morgan fingerprint density at radius 2 is 2.06 bits per heavy atom. The first kappa shape index (κ1) is 12.8. The number of hydrogen-bond donors (Lipinski definition) is 1. The molecule has 0 spiro atoms. The van der Waals surface area contributed by atoms with E-state index in [1.54, 1.807) is 11.8 Å². The first-order valence-electron chi connectivity index (χ1n) is 6.01. The topological polar surface area (TPSA) is 53.1 Å². The lowest BCUT2D eigenvalue weighted by molar-refractivity contribution is 0.0802. The second kappa shape index (κ2) is 5.80. The third kappa shape index (κ3) is 2.97. The molecular weight excluding hydrogens is 226 g/mol. The van der Waals surface area contributed by atoms with Crippen LogP contribution in [0.3, 0.4) is 0 Å². The predicted octanol–water partition coefficient (Wildman–Crippen LogP) is 1.68. The quantitative estimate of drug-likeness (QED) is 0.872. The maximum absolute atomic E-state index is 6.24. The van der Waals surface area contributed by atoms with Crippen LogP contribution in [0.25, 0.3) is 0 Å². The molecule has 1 aromatic heterocycles. The van der Waals surface area contributed by atoms with E-state index in [-0.39, 0.29) is 12.1 Å². The van der Waals surface area contributed by atoms with Crippen molar-refractivity contribution < 1.29 is 4.74 Å². The Kier molecular flexibility index (Phi) is 4.12. The number of aromatic nitrogens is 2. The highest BCUT2D eigenvalue weighted by Crippen LogP contribution is 2.21. The fraction of sp³-hybridized carbons (Fsp3) is 0.357. The van der Waals surface area contributed by atoms with Gasteiger partial charge in [0, 0.05) is 26.4 Å². The number of hydrogen-bond acceptors (Lipinski definition) is 3. The summed E-state index contributed by atoms with van der Waals surface area (Å²) in [6.45, 7) is 0. The standard InChI is InChI=1S/C14H19N3O/c1-17-10-11(9-16-17)8-13(15)14(18-2)12-6-4-3-5-7-12/h3-7,9-10,13-14H,8,15H2,1-2H3. The molecule has 2 aromatic rings. The summed E-state index contributed by atoms with van der Waals surface area (Å²) in [6, 6.07) is 9.98. The van der Waals surface area contributed by atoms with Crippen LogP contribution in [0.15, 0.2) is 42.7 Å². The number of methoxy groups -OCH3 is 1. The van der Waals surface area contributed by atoms with Gasteiger partial charge in [0.2, 0.25) is 0 Å². The first-order chi connectivity index (χ1) is 8.70. The second-order valence-electron chi connectivity index (χ2n) is 4.46. The Morgan fingerprint density at radius 3 is 2.61 bits per heavy atom. The van der Waals surface area contributed by atoms with Crippen LogP contribution in [0.1, 0.15) is 17.2 Å². The summed E-state index contributed by atoms with van der Waals surface area (Å²) >= 11 is 0. The third-order valence-electron chi connectivity index (χ3n) is 3.00. The van der Waals surface area contributed by atoms with Gasteiger partial charge >= 0.3 is 0 Å². The van der Waals surface area contributed by atoms with E-state index in [1.807, 2.05) is 49.8 Å². The van der Waals surface area contributed by atoms with E-state index in [1.165, 1.54) is 0 Å². The molecule has 0 bridgehead atoms. The van der Waals surface area contributed by atoms with Crippen LogP contribution in [0.5, 0.6) is 0 Å². The molecule has 2 atom stereocenters. The zero-order valence-corrected chi connectivity index (χ0v) is 10.8. The summed E-state index contributed by atoms with van der Waals surface area (Å²) in [5, 5.41) is 4.15. The number of aryl methyl sites for hydroxylation is 1. The molecule has 2 N–H and O–H groups in total. The number of nitrogens with zero attached hydrogens (tertiary/aromatic N) is 2. The van der Waals surface area contributed by atoms with Crippen LogP contribution in [0.4, 0.5) is 0 Å². The number of nitrogens with two attached hydrogens (primary N) is 1. The van der Waals surface area contributed by atoms with E-state index < -0.39 is 0 Å². The van der Waals surface area contributed by atoms with Gasteiger partial charge in [-0.25, -0.2) is 0 Å². The largest absolute Gasteiger partial charge is 0.375 e. The summed E-state index contributed by atoms with van der Waals surface area (Å²) in [4.78, 5) is 0. The van der Waals surface area contributed by atoms with Crippen LogP contribution in [-0.4, -0.2) is 22.9 Å². The molecule has 1 heterocycles. The van der Waals surface area contributed by atoms with Gasteiger partial charge in [-0.05, 0) is 17.5 Å². The van der Waals surface area contributed by atoms with Crippen molar-refractivity contribution in [1.82, 2.24) is 9.78 Å². The predicted molar refractivity (Wildman–Crippen MR) is 71.1 cm³/mol. The Labute approximate surface area is 107 Å². The van der Waals surface area contributed by atoms with E-state index in [4.69, 9.17) is 10.5 Å². The molecule has 4 nitrogen and oxygen atoms in total. The summed E-state index contributed by atoms with van der Waals surface area (Å²) in [6.07, 6.45) is 4.49. The van der Waals surface area contributed by atoms with Crippen molar-refractivity contribution in [3.63, 3.8) is 0 Å². The number of ether oxygens (including phenoxy) is 1. The van der Waals surface area contributed by atoms with Crippen LogP contribution in [-0.2, 0) is 18.2 Å². The Hall–Kier alpha value is -1.65. The van der Waals surface area contributed by atoms with Crippen molar-refractivity contribution in [2.45, 2.75) is 18.6 Å². The maximum Gasteiger partial charge on any atom is 0.0975 e. The van der Waals surface area contributed by atoms with Crippen LogP contribution >= 0.6 is 0 Å². The van der Waals surface area contributed by atoms with E-state index in [0.29, 0.717) is 0 Å². The minimum absolute atomic E-state index is 0.0819. The summed E-state index contributed by atoms with van der Waals surface area (Å²) in [5.74, 6) is 0. The van der Waals surface area contributed by atoms with Gasteiger partial charge in [-0.3, -0.25) is 4.68 Å². The van der Waals surface area contributed by atoms with Gasteiger partial charge in [-0.1, -0.05) is 30.3 Å². The lowest BCUT2D eigenvalue weighted by atomic mass is 9.98. The summed E-state index contributed by atoms with van der Waals surface area (Å²) in [7, 11) is 3.60. The monoisotopic (exact) mass is 245 g/mol. The highest BCUT2D eigenvalue weighted by Gasteiger charge is 2.19. The molecule has 0 saturated carbocycles. The average Bonchev–Trinajstić information content (AvgIpc) is 2.77. The Balaban J connectivity index is 2.08. The molecule has 0 amide bonds.